The average Bonchev–Trinajstić information content (AvgIpc) is 2.89. The number of benzene rings is 1. The maximum absolute atomic E-state index is 13.0. The van der Waals surface area contributed by atoms with Crippen molar-refractivity contribution in [2.75, 3.05) is 6.61 Å². The third kappa shape index (κ3) is 3.94. The second kappa shape index (κ2) is 8.06. The number of hydrogen-bond acceptors (Lipinski definition) is 3. The van der Waals surface area contributed by atoms with Gasteiger partial charge < -0.3 is 15.2 Å². The first-order valence-electron chi connectivity index (χ1n) is 11.2. The van der Waals surface area contributed by atoms with Crippen LogP contribution in [0.4, 0.5) is 0 Å². The molecule has 154 valence electrons. The summed E-state index contributed by atoms with van der Waals surface area (Å²) in [7, 11) is 0. The van der Waals surface area contributed by atoms with Crippen LogP contribution in [0.3, 0.4) is 0 Å². The molecule has 0 spiro atoms. The van der Waals surface area contributed by atoms with E-state index in [2.05, 4.69) is 19.2 Å². The number of amides is 1. The fraction of sp³-hybridized carbons (Fsp3) is 0.708. The third-order valence-electron chi connectivity index (χ3n) is 7.51. The van der Waals surface area contributed by atoms with E-state index >= 15 is 0 Å². The van der Waals surface area contributed by atoms with Gasteiger partial charge in [0.15, 0.2) is 0 Å². The Morgan fingerprint density at radius 3 is 2.96 bits per heavy atom. The quantitative estimate of drug-likeness (QED) is 0.723. The lowest BCUT2D eigenvalue weighted by atomic mass is 9.70. The van der Waals surface area contributed by atoms with Crippen LogP contribution in [0.15, 0.2) is 24.3 Å². The molecule has 4 heteroatoms. The highest BCUT2D eigenvalue weighted by atomic mass is 16.5. The second-order valence-electron chi connectivity index (χ2n) is 9.70. The normalized spacial score (nSPS) is 34.7. The summed E-state index contributed by atoms with van der Waals surface area (Å²) in [4.78, 5) is 13.0. The lowest BCUT2D eigenvalue weighted by Gasteiger charge is -2.36. The zero-order valence-electron chi connectivity index (χ0n) is 17.3. The summed E-state index contributed by atoms with van der Waals surface area (Å²) < 4.78 is 5.96. The molecule has 3 fully saturated rings. The molecule has 6 atom stereocenters. The predicted octanol–water partition coefficient (Wildman–Crippen LogP) is 4.56. The Kier molecular flexibility index (Phi) is 5.69. The van der Waals surface area contributed by atoms with E-state index in [-0.39, 0.29) is 23.5 Å². The number of hydrogen-bond donors (Lipinski definition) is 2. The van der Waals surface area contributed by atoms with Crippen LogP contribution in [0, 0.1) is 23.2 Å². The topological polar surface area (TPSA) is 58.6 Å². The molecule has 0 saturated heterocycles. The molecule has 3 aliphatic rings. The fourth-order valence-corrected chi connectivity index (χ4v) is 6.36. The van der Waals surface area contributed by atoms with Gasteiger partial charge in [-0.25, -0.2) is 0 Å². The van der Waals surface area contributed by atoms with Crippen LogP contribution in [0.5, 0.6) is 5.75 Å². The van der Waals surface area contributed by atoms with Crippen molar-refractivity contribution in [3.8, 4) is 5.75 Å². The number of nitrogens with one attached hydrogen (secondary N) is 1. The number of carbonyl (C=O) groups excluding carboxylic acids is 1. The molecule has 0 heterocycles. The highest BCUT2D eigenvalue weighted by Gasteiger charge is 2.54. The lowest BCUT2D eigenvalue weighted by molar-refractivity contribution is 0.0653. The Bertz CT molecular complexity index is 705. The van der Waals surface area contributed by atoms with Gasteiger partial charge in [0, 0.05) is 18.2 Å². The number of carbonyl (C=O) groups is 1. The molecule has 6 unspecified atom stereocenters. The molecule has 28 heavy (non-hydrogen) atoms. The van der Waals surface area contributed by atoms with E-state index < -0.39 is 0 Å². The van der Waals surface area contributed by atoms with Crippen LogP contribution in [-0.4, -0.2) is 29.8 Å². The molecule has 3 bridgehead atoms. The van der Waals surface area contributed by atoms with Crippen molar-refractivity contribution in [3.63, 3.8) is 0 Å². The molecule has 4 nitrogen and oxygen atoms in total. The molecule has 4 rings (SSSR count). The Hall–Kier alpha value is -1.55. The van der Waals surface area contributed by atoms with Crippen molar-refractivity contribution in [3.05, 3.63) is 29.8 Å². The van der Waals surface area contributed by atoms with E-state index in [1.54, 1.807) is 0 Å². The van der Waals surface area contributed by atoms with E-state index in [1.165, 1.54) is 19.3 Å². The second-order valence-corrected chi connectivity index (χ2v) is 9.70. The number of ether oxygens (including phenoxy) is 1. The molecule has 0 aromatic heterocycles. The largest absolute Gasteiger partial charge is 0.491 e. The molecule has 3 aliphatic carbocycles. The smallest absolute Gasteiger partial charge is 0.251 e. The van der Waals surface area contributed by atoms with Crippen LogP contribution >= 0.6 is 0 Å². The molecule has 1 aromatic rings. The summed E-state index contributed by atoms with van der Waals surface area (Å²) in [5.41, 5.74) is 0.812. The van der Waals surface area contributed by atoms with Crippen molar-refractivity contribution in [2.24, 2.45) is 23.2 Å². The van der Waals surface area contributed by atoms with Gasteiger partial charge in [-0.2, -0.15) is 0 Å². The van der Waals surface area contributed by atoms with Gasteiger partial charge in [0.05, 0.1) is 6.10 Å². The van der Waals surface area contributed by atoms with Crippen molar-refractivity contribution >= 4 is 5.91 Å². The minimum Gasteiger partial charge on any atom is -0.491 e. The Labute approximate surface area is 169 Å². The highest BCUT2D eigenvalue weighted by Crippen LogP contribution is 2.59. The molecule has 1 amide bonds. The van der Waals surface area contributed by atoms with Crippen molar-refractivity contribution < 1.29 is 14.6 Å². The van der Waals surface area contributed by atoms with Crippen LogP contribution in [0.25, 0.3) is 0 Å². The molecule has 3 saturated carbocycles. The summed E-state index contributed by atoms with van der Waals surface area (Å²) in [5, 5.41) is 13.4. The first-order valence-corrected chi connectivity index (χ1v) is 11.2. The summed E-state index contributed by atoms with van der Waals surface area (Å²) in [6, 6.07) is 7.82. The highest BCUT2D eigenvalue weighted by molar-refractivity contribution is 5.94. The Balaban J connectivity index is 1.44. The van der Waals surface area contributed by atoms with Crippen LogP contribution < -0.4 is 10.1 Å². The summed E-state index contributed by atoms with van der Waals surface area (Å²) >= 11 is 0. The summed E-state index contributed by atoms with van der Waals surface area (Å²) in [5.74, 6) is 2.71. The molecule has 0 radical (unpaired) electrons. The van der Waals surface area contributed by atoms with Gasteiger partial charge in [0.1, 0.15) is 5.75 Å². The van der Waals surface area contributed by atoms with Gasteiger partial charge >= 0.3 is 0 Å². The van der Waals surface area contributed by atoms with E-state index in [4.69, 9.17) is 4.74 Å². The van der Waals surface area contributed by atoms with Crippen molar-refractivity contribution in [2.45, 2.75) is 77.4 Å². The van der Waals surface area contributed by atoms with Gasteiger partial charge in [-0.1, -0.05) is 19.4 Å². The predicted molar refractivity (Wildman–Crippen MR) is 110 cm³/mol. The zero-order valence-corrected chi connectivity index (χ0v) is 17.3. The van der Waals surface area contributed by atoms with Crippen LogP contribution in [0.2, 0.25) is 0 Å². The first-order chi connectivity index (χ1) is 13.5. The molecule has 0 aliphatic heterocycles. The van der Waals surface area contributed by atoms with Gasteiger partial charge in [0.25, 0.3) is 5.91 Å². The molecular formula is C24H35NO3. The molecule has 1 aromatic carbocycles. The maximum Gasteiger partial charge on any atom is 0.251 e. The van der Waals surface area contributed by atoms with E-state index in [1.807, 2.05) is 24.3 Å². The monoisotopic (exact) mass is 385 g/mol. The van der Waals surface area contributed by atoms with Gasteiger partial charge in [-0.3, -0.25) is 4.79 Å². The maximum atomic E-state index is 13.0. The standard InChI is InChI=1S/C24H35NO3/c1-3-5-16(2)28-20-7-4-6-18(11-20)23(27)25-22-9-8-17-10-19-13-24(12-17,15-26)14-21(19)22/h4,6-7,11,16-17,19,21-22,26H,3,5,8-10,12-15H2,1-2H3,(H,25,27). The van der Waals surface area contributed by atoms with Crippen LogP contribution in [0.1, 0.15) is 75.6 Å². The SMILES string of the molecule is CCCC(C)Oc1cccc(C(=O)NC2CCC3CC4CC(CO)(C3)CC42)c1. The minimum atomic E-state index is 0.0119. The third-order valence-corrected chi connectivity index (χ3v) is 7.51. The summed E-state index contributed by atoms with van der Waals surface area (Å²) in [6.45, 7) is 4.54. The van der Waals surface area contributed by atoms with Gasteiger partial charge in [-0.05, 0) is 93.2 Å². The van der Waals surface area contributed by atoms with Crippen molar-refractivity contribution in [1.82, 2.24) is 5.32 Å². The van der Waals surface area contributed by atoms with E-state index in [0.717, 1.165) is 43.8 Å². The number of fused-ring (bicyclic) bond motifs is 2. The van der Waals surface area contributed by atoms with Gasteiger partial charge in [0.2, 0.25) is 0 Å². The molecule has 2 N–H and O–H groups in total. The van der Waals surface area contributed by atoms with Gasteiger partial charge in [-0.15, -0.1) is 0 Å². The first kappa shape index (κ1) is 19.8. The lowest BCUT2D eigenvalue weighted by Crippen LogP contribution is -2.41. The fourth-order valence-electron chi connectivity index (χ4n) is 6.36. The van der Waals surface area contributed by atoms with E-state index in [0.29, 0.717) is 24.0 Å². The van der Waals surface area contributed by atoms with Crippen molar-refractivity contribution in [1.29, 1.82) is 0 Å². The Morgan fingerprint density at radius 2 is 2.18 bits per heavy atom. The minimum absolute atomic E-state index is 0.0119. The average molecular weight is 386 g/mol. The Morgan fingerprint density at radius 1 is 1.32 bits per heavy atom. The van der Waals surface area contributed by atoms with E-state index in [9.17, 15) is 9.90 Å². The number of rotatable bonds is 7. The zero-order chi connectivity index (χ0) is 19.7. The number of aliphatic hydroxyl groups is 1. The summed E-state index contributed by atoms with van der Waals surface area (Å²) in [6.07, 6.45) is 9.20. The molecular weight excluding hydrogens is 350 g/mol. The van der Waals surface area contributed by atoms with Crippen LogP contribution in [-0.2, 0) is 0 Å². The number of aliphatic hydroxyl groups excluding tert-OH is 1.